The average molecular weight is 1920 g/mol. The van der Waals surface area contributed by atoms with Gasteiger partial charge in [0, 0.05) is 198 Å². The van der Waals surface area contributed by atoms with E-state index in [0.717, 1.165) is 187 Å². The molecule has 0 aromatic heterocycles. The Balaban J connectivity index is 0.000000386. The maximum Gasteiger partial charge on any atom is 0.393 e. The molecule has 806 valence electrons. The second-order valence-electron chi connectivity index (χ2n) is 51.9. The second kappa shape index (κ2) is 61.1. The molecule has 14 nitrogen and oxygen atoms in total. The minimum atomic E-state index is -4.03. The van der Waals surface area contributed by atoms with Gasteiger partial charge in [-0.25, -0.2) is 10.0 Å². The van der Waals surface area contributed by atoms with Crippen molar-refractivity contribution in [2.45, 2.75) is 597 Å². The van der Waals surface area contributed by atoms with Gasteiger partial charge in [-0.1, -0.05) is 179 Å². The van der Waals surface area contributed by atoms with Crippen molar-refractivity contribution in [1.29, 1.82) is 0 Å². The van der Waals surface area contributed by atoms with Gasteiger partial charge < -0.3 is 14.6 Å². The number of piperidine rings is 1. The quantitative estimate of drug-likeness (QED) is 0.0808. The van der Waals surface area contributed by atoms with Gasteiger partial charge in [-0.05, 0) is 356 Å². The summed E-state index contributed by atoms with van der Waals surface area (Å²) in [6.07, 6.45) is 21.1. The van der Waals surface area contributed by atoms with Crippen molar-refractivity contribution in [3.05, 3.63) is 0 Å². The first-order valence-electron chi connectivity index (χ1n) is 57.7. The van der Waals surface area contributed by atoms with E-state index in [1.54, 1.807) is 7.11 Å². The van der Waals surface area contributed by atoms with Gasteiger partial charge in [-0.3, -0.25) is 44.1 Å². The van der Waals surface area contributed by atoms with Gasteiger partial charge in [0.05, 0.1) is 25.7 Å². The van der Waals surface area contributed by atoms with Crippen LogP contribution in [0.25, 0.3) is 0 Å². The Morgan fingerprint density at radius 1 is 0.326 bits per heavy atom. The number of halogens is 3. The van der Waals surface area contributed by atoms with Crippen molar-refractivity contribution in [3.8, 4) is 0 Å². The van der Waals surface area contributed by atoms with Crippen LogP contribution in [0.3, 0.4) is 0 Å². The number of aliphatic hydroxyl groups excluding tert-OH is 1. The van der Waals surface area contributed by atoms with Crippen molar-refractivity contribution < 1.29 is 27.8 Å². The number of fused-ring (bicyclic) bond motifs is 2. The zero-order chi connectivity index (χ0) is 103. The van der Waals surface area contributed by atoms with E-state index in [0.29, 0.717) is 78.7 Å². The number of ether oxygens (including phenoxy) is 2. The molecular formula is C118H240F3N11O3. The van der Waals surface area contributed by atoms with Gasteiger partial charge in [0.1, 0.15) is 0 Å². The molecule has 0 aromatic rings. The van der Waals surface area contributed by atoms with Gasteiger partial charge >= 0.3 is 6.18 Å². The number of hydrogen-bond acceptors (Lipinski definition) is 14. The highest BCUT2D eigenvalue weighted by Crippen LogP contribution is 2.53. The molecule has 10 heterocycles. The first-order chi connectivity index (χ1) is 62.7. The summed E-state index contributed by atoms with van der Waals surface area (Å²) in [4.78, 5) is 23.5. The van der Waals surface area contributed by atoms with Crippen molar-refractivity contribution in [3.63, 3.8) is 0 Å². The lowest BCUT2D eigenvalue weighted by Crippen LogP contribution is -2.45. The molecule has 12 unspecified atom stereocenters. The highest BCUT2D eigenvalue weighted by Gasteiger charge is 2.55. The number of nitrogens with zero attached hydrogens (tertiary/aromatic N) is 11. The van der Waals surface area contributed by atoms with E-state index in [1.807, 2.05) is 39.7 Å². The number of rotatable bonds is 28. The smallest absolute Gasteiger partial charge is 0.393 e. The lowest BCUT2D eigenvalue weighted by molar-refractivity contribution is -0.171. The van der Waals surface area contributed by atoms with E-state index < -0.39 is 12.1 Å². The Bertz CT molecular complexity index is 2890. The minimum absolute atomic E-state index is 0.0802. The lowest BCUT2D eigenvalue weighted by Gasteiger charge is -2.37. The SMILES string of the molecule is CC(C)C1CC[C@@H](C(C)C)N1C(C)C.CC(C)[C@@H]1C(C)CCN1C(C)C.CC(C)[C@@H]1C2CC2CN1C(C)C.CC(C)[C@@H]1CC(C(F)(F)F)CN1C(C)C.CC(C)[C@@H]1CC2CCCC2N1C(C)C.CC(C)[C@@H]1CCC(CO)N1C(C)C.CC(C)[C@@H]1CCN(C)N1C(C)C.CCCC1CC[C@@H](C(C)C)N1C(C)C.COCC1CC[C@@H](C(C)C)N1C(C)C.COCC1C[C@@H](C(C)C)N(C(C)C)C1C. The van der Waals surface area contributed by atoms with Crippen LogP contribution in [0.15, 0.2) is 0 Å². The third kappa shape index (κ3) is 37.8. The van der Waals surface area contributed by atoms with Crippen molar-refractivity contribution in [1.82, 2.24) is 54.1 Å². The minimum Gasteiger partial charge on any atom is -0.395 e. The standard InChI is InChI=1S/C13H27NO.C13H25N.2C13H27N.C12H25NO.C11H20F3N.C11H23NO.C11H21N.C11H23N.C10H22N2/c1-9(2)13-7-12(8-15-6)11(5)14(13)10(3)4;1-9(2)13-8-11-6-5-7-12(11)14(13)10(3)4;1-9(2)12-7-8-13(10(3)4)14(12)11(5)6;1-6-7-12-8-9-13(10(2)3)14(12)11(4)5;1-9(2)12-7-6-11(8-14-5)13(12)10(3)4;1-7(2)10-5-9(11(12,13)14)6-15(10)8(3)4;1-8(2)11-6-5-10(7-13)12(11)9(3)4;1-7(2)11-10-5-9(10)6-12(11)8(3)4;1-8(2)11-10(5)6-7-12(11)9(3)4;1-8(2)10-6-7-11(5)12(10)9(3)4/h9-13H,7-8H2,1-6H3;9-13H,5-8H2,1-4H3;9-13H,7-8H2,1-6H3;10-13H,6-9H2,1-5H3;9-12H,6-8H2,1-5H3;7-10H,5-6H2,1-4H3;8-11,13H,5-7H2,1-4H3;7-11H,5-6H2,1-4H3;8-11H,6-7H2,1-5H3;8-10H,6-7H2,1-5H3/t2*11?,12?,13-;12-,13?;12?,13-;11?,12-;9?,10-;10?,11-;9?,10?,11-;10?,11-;10-/m0000000110/s1. The summed E-state index contributed by atoms with van der Waals surface area (Å²) >= 11 is 0. The molecule has 0 amide bonds. The molecule has 2 saturated carbocycles. The Morgan fingerprint density at radius 3 is 1.06 bits per heavy atom. The molecule has 0 spiro atoms. The molecule has 10 aliphatic heterocycles. The van der Waals surface area contributed by atoms with Gasteiger partial charge in [-0.2, -0.15) is 13.2 Å². The van der Waals surface area contributed by atoms with Crippen molar-refractivity contribution in [2.75, 3.05) is 67.3 Å². The summed E-state index contributed by atoms with van der Waals surface area (Å²) in [6, 6.07) is 18.0. The van der Waals surface area contributed by atoms with Crippen LogP contribution in [-0.2, 0) is 9.47 Å². The van der Waals surface area contributed by atoms with Gasteiger partial charge in [0.2, 0.25) is 0 Å². The Hall–Kier alpha value is -0.770. The summed E-state index contributed by atoms with van der Waals surface area (Å²) in [7, 11) is 5.82. The van der Waals surface area contributed by atoms with E-state index in [1.165, 1.54) is 129 Å². The topological polar surface area (TPSA) is 74.3 Å². The van der Waals surface area contributed by atoms with Crippen LogP contribution in [0.1, 0.15) is 434 Å². The zero-order valence-electron chi connectivity index (χ0n) is 99.0. The average Bonchev–Trinajstić information content (AvgIpc) is 1.58. The van der Waals surface area contributed by atoms with Gasteiger partial charge in [0.25, 0.3) is 0 Å². The van der Waals surface area contributed by atoms with Crippen molar-refractivity contribution >= 4 is 0 Å². The Kier molecular flexibility index (Phi) is 58.1. The van der Waals surface area contributed by atoms with Crippen LogP contribution < -0.4 is 0 Å². The van der Waals surface area contributed by atoms with E-state index in [4.69, 9.17) is 9.47 Å². The van der Waals surface area contributed by atoms with E-state index in [2.05, 4.69) is 340 Å². The molecule has 2 aliphatic carbocycles. The third-order valence-corrected chi connectivity index (χ3v) is 34.7. The summed E-state index contributed by atoms with van der Waals surface area (Å²) in [6.45, 7) is 110. The summed E-state index contributed by atoms with van der Waals surface area (Å²) in [5.41, 5.74) is 0. The maximum absolute atomic E-state index is 12.6. The number of likely N-dealkylation sites (tertiary alicyclic amines) is 9. The first-order valence-corrected chi connectivity index (χ1v) is 57.7. The molecule has 12 fully saturated rings. The molecule has 1 N–H and O–H groups in total. The molecule has 12 aliphatic rings. The summed E-state index contributed by atoms with van der Waals surface area (Å²) in [5, 5.41) is 14.1. The van der Waals surface area contributed by atoms with Gasteiger partial charge in [0.15, 0.2) is 0 Å². The molecule has 22 atom stereocenters. The van der Waals surface area contributed by atoms with E-state index >= 15 is 0 Å². The third-order valence-electron chi connectivity index (χ3n) is 34.7. The monoisotopic (exact) mass is 1920 g/mol. The van der Waals surface area contributed by atoms with E-state index in [-0.39, 0.29) is 25.0 Å². The largest absolute Gasteiger partial charge is 0.395 e. The fourth-order valence-corrected chi connectivity index (χ4v) is 28.5. The number of methoxy groups -OCH3 is 2. The fraction of sp³-hybridized carbons (Fsp3) is 1.00. The number of hydrogen-bond donors (Lipinski definition) is 1. The molecule has 12 rings (SSSR count). The molecule has 17 heteroatoms. The molecule has 0 radical (unpaired) electrons. The number of alkyl halides is 3. The number of aliphatic hydroxyl groups is 1. The predicted octanol–water partition coefficient (Wildman–Crippen LogP) is 28.1. The molecule has 0 bridgehead atoms. The number of hydrazine groups is 1. The summed E-state index contributed by atoms with van der Waals surface area (Å²) < 4.78 is 48.4. The highest BCUT2D eigenvalue weighted by atomic mass is 19.4. The van der Waals surface area contributed by atoms with Crippen LogP contribution in [0.4, 0.5) is 13.2 Å². The van der Waals surface area contributed by atoms with Crippen LogP contribution in [0.5, 0.6) is 0 Å². The van der Waals surface area contributed by atoms with Gasteiger partial charge in [-0.15, -0.1) is 0 Å². The Labute approximate surface area is 841 Å². The first kappa shape index (κ1) is 128. The van der Waals surface area contributed by atoms with Crippen LogP contribution in [0, 0.1) is 101 Å². The van der Waals surface area contributed by atoms with Crippen LogP contribution in [-0.4, -0.2) is 290 Å². The molecule has 0 aromatic carbocycles. The highest BCUT2D eigenvalue weighted by molar-refractivity contribution is 5.07. The molecule has 10 saturated heterocycles. The maximum atomic E-state index is 12.6. The lowest BCUT2D eigenvalue weighted by atomic mass is 9.92. The normalized spacial score (nSPS) is 32.1. The fourth-order valence-electron chi connectivity index (χ4n) is 28.5. The molecule has 135 heavy (non-hydrogen) atoms. The van der Waals surface area contributed by atoms with Crippen LogP contribution >= 0.6 is 0 Å². The van der Waals surface area contributed by atoms with Crippen molar-refractivity contribution in [2.24, 2.45) is 101 Å². The zero-order valence-corrected chi connectivity index (χ0v) is 99.0. The van der Waals surface area contributed by atoms with E-state index in [9.17, 15) is 18.3 Å². The van der Waals surface area contributed by atoms with Crippen LogP contribution in [0.2, 0.25) is 0 Å². The summed E-state index contributed by atoms with van der Waals surface area (Å²) in [5.74, 6) is 11.9. The molecular weight excluding hydrogens is 1680 g/mol. The second-order valence-corrected chi connectivity index (χ2v) is 51.9. The predicted molar refractivity (Wildman–Crippen MR) is 583 cm³/mol. The Morgan fingerprint density at radius 2 is 0.719 bits per heavy atom.